The third-order valence-corrected chi connectivity index (χ3v) is 6.23. The normalized spacial score (nSPS) is 16.7. The van der Waals surface area contributed by atoms with Crippen molar-refractivity contribution in [3.8, 4) is 5.75 Å². The van der Waals surface area contributed by atoms with Crippen LogP contribution < -0.4 is 4.74 Å². The zero-order chi connectivity index (χ0) is 14.0. The van der Waals surface area contributed by atoms with Crippen LogP contribution in [0.15, 0.2) is 23.4 Å². The number of para-hydroxylation sites is 1. The number of allylic oxidation sites excluding steroid dienone is 2. The number of hydrogen-bond donors (Lipinski definition) is 0. The van der Waals surface area contributed by atoms with E-state index in [1.165, 1.54) is 30.9 Å². The lowest BCUT2D eigenvalue weighted by molar-refractivity contribution is 0.385. The van der Waals surface area contributed by atoms with Gasteiger partial charge < -0.3 is 4.74 Å². The highest BCUT2D eigenvalue weighted by atomic mass is 28.3. The van der Waals surface area contributed by atoms with Crippen molar-refractivity contribution in [2.45, 2.75) is 45.3 Å². The van der Waals surface area contributed by atoms with Gasteiger partial charge in [-0.05, 0) is 37.3 Å². The number of methoxy groups -OCH3 is 1. The van der Waals surface area contributed by atoms with Crippen molar-refractivity contribution < 1.29 is 9.13 Å². The molecule has 1 nitrogen and oxygen atoms in total. The van der Waals surface area contributed by atoms with Crippen molar-refractivity contribution in [2.75, 3.05) is 7.11 Å². The second-order valence-electron chi connectivity index (χ2n) is 6.23. The van der Waals surface area contributed by atoms with Crippen molar-refractivity contribution in [1.82, 2.24) is 0 Å². The summed E-state index contributed by atoms with van der Waals surface area (Å²) >= 11 is 0. The van der Waals surface area contributed by atoms with Crippen LogP contribution in [0.3, 0.4) is 0 Å². The van der Waals surface area contributed by atoms with E-state index < -0.39 is 8.07 Å². The Morgan fingerprint density at radius 2 is 1.79 bits per heavy atom. The summed E-state index contributed by atoms with van der Waals surface area (Å²) in [6, 6.07) is 5.26. The first kappa shape index (κ1) is 14.3. The molecule has 3 heteroatoms. The first-order chi connectivity index (χ1) is 8.95. The third kappa shape index (κ3) is 2.91. The topological polar surface area (TPSA) is 9.23 Å². The van der Waals surface area contributed by atoms with Gasteiger partial charge in [-0.25, -0.2) is 4.39 Å². The van der Waals surface area contributed by atoms with E-state index >= 15 is 0 Å². The summed E-state index contributed by atoms with van der Waals surface area (Å²) < 4.78 is 19.2. The number of hydrogen-bond acceptors (Lipinski definition) is 1. The van der Waals surface area contributed by atoms with Crippen LogP contribution in [0.4, 0.5) is 4.39 Å². The molecule has 0 atom stereocenters. The van der Waals surface area contributed by atoms with E-state index in [2.05, 4.69) is 19.6 Å². The molecule has 0 aromatic heterocycles. The molecule has 0 heterocycles. The fraction of sp³-hybridized carbons (Fsp3) is 0.500. The van der Waals surface area contributed by atoms with Crippen molar-refractivity contribution in [3.63, 3.8) is 0 Å². The third-order valence-electron chi connectivity index (χ3n) is 3.87. The molecule has 1 aromatic rings. The van der Waals surface area contributed by atoms with Crippen LogP contribution in [0.5, 0.6) is 5.75 Å². The number of rotatable bonds is 3. The van der Waals surface area contributed by atoms with Gasteiger partial charge in [0.05, 0.1) is 15.2 Å². The van der Waals surface area contributed by atoms with Gasteiger partial charge >= 0.3 is 0 Å². The predicted octanol–water partition coefficient (Wildman–Crippen LogP) is 5.04. The maximum atomic E-state index is 13.9. The van der Waals surface area contributed by atoms with Crippen LogP contribution in [-0.2, 0) is 0 Å². The highest BCUT2D eigenvalue weighted by Gasteiger charge is 2.27. The lowest BCUT2D eigenvalue weighted by Crippen LogP contribution is -2.27. The monoisotopic (exact) mass is 278 g/mol. The quantitative estimate of drug-likeness (QED) is 0.704. The van der Waals surface area contributed by atoms with Gasteiger partial charge in [0.2, 0.25) is 0 Å². The van der Waals surface area contributed by atoms with Crippen molar-refractivity contribution >= 4 is 13.6 Å². The molecule has 0 aliphatic heterocycles. The second-order valence-corrected chi connectivity index (χ2v) is 11.3. The van der Waals surface area contributed by atoms with E-state index in [9.17, 15) is 4.39 Å². The molecule has 0 spiro atoms. The highest BCUT2D eigenvalue weighted by molar-refractivity contribution is 6.84. The first-order valence-electron chi connectivity index (χ1n) is 7.00. The molecule has 0 fully saturated rings. The summed E-state index contributed by atoms with van der Waals surface area (Å²) in [5.41, 5.74) is 2.32. The van der Waals surface area contributed by atoms with E-state index in [4.69, 9.17) is 4.74 Å². The summed E-state index contributed by atoms with van der Waals surface area (Å²) in [7, 11) is 0.201. The summed E-state index contributed by atoms with van der Waals surface area (Å²) in [4.78, 5) is 0. The van der Waals surface area contributed by atoms with Gasteiger partial charge in [0.15, 0.2) is 11.6 Å². The maximum absolute atomic E-state index is 13.9. The zero-order valence-corrected chi connectivity index (χ0v) is 13.3. The van der Waals surface area contributed by atoms with Gasteiger partial charge in [0, 0.05) is 5.56 Å². The number of ether oxygens (including phenoxy) is 1. The molecule has 0 bridgehead atoms. The minimum atomic E-state index is -1.35. The van der Waals surface area contributed by atoms with Gasteiger partial charge in [-0.15, -0.1) is 0 Å². The Morgan fingerprint density at radius 1 is 1.11 bits per heavy atom. The smallest absolute Gasteiger partial charge is 0.165 e. The summed E-state index contributed by atoms with van der Waals surface area (Å²) in [5, 5.41) is 1.59. The molecule has 0 amide bonds. The lowest BCUT2D eigenvalue weighted by Gasteiger charge is -2.30. The molecule has 0 N–H and O–H groups in total. The van der Waals surface area contributed by atoms with Gasteiger partial charge in [0.25, 0.3) is 0 Å². The molecule has 1 aromatic carbocycles. The van der Waals surface area contributed by atoms with Crippen molar-refractivity contribution in [3.05, 3.63) is 34.8 Å². The summed E-state index contributed by atoms with van der Waals surface area (Å²) in [5.74, 6) is 0.156. The molecular formula is C16H23FOSi. The van der Waals surface area contributed by atoms with Crippen LogP contribution in [-0.4, -0.2) is 15.2 Å². The minimum absolute atomic E-state index is 0.256. The van der Waals surface area contributed by atoms with Gasteiger partial charge in [-0.1, -0.05) is 37.0 Å². The van der Waals surface area contributed by atoms with Crippen LogP contribution in [0.25, 0.3) is 5.57 Å². The second kappa shape index (κ2) is 5.49. The maximum Gasteiger partial charge on any atom is 0.165 e. The lowest BCUT2D eigenvalue weighted by atomic mass is 9.92. The largest absolute Gasteiger partial charge is 0.493 e. The number of benzene rings is 1. The Kier molecular flexibility index (Phi) is 4.14. The Labute approximate surface area is 116 Å². The molecule has 0 saturated carbocycles. The predicted molar refractivity (Wildman–Crippen MR) is 81.7 cm³/mol. The molecule has 1 aliphatic carbocycles. The van der Waals surface area contributed by atoms with Crippen LogP contribution >= 0.6 is 0 Å². The summed E-state index contributed by atoms with van der Waals surface area (Å²) in [6.45, 7) is 7.12. The minimum Gasteiger partial charge on any atom is -0.493 e. The van der Waals surface area contributed by atoms with E-state index in [0.29, 0.717) is 5.75 Å². The molecule has 0 radical (unpaired) electrons. The Morgan fingerprint density at radius 3 is 2.42 bits per heavy atom. The fourth-order valence-electron chi connectivity index (χ4n) is 2.98. The summed E-state index contributed by atoms with van der Waals surface area (Å²) in [6.07, 6.45) is 4.69. The zero-order valence-electron chi connectivity index (χ0n) is 12.3. The van der Waals surface area contributed by atoms with Crippen LogP contribution in [0.2, 0.25) is 19.6 Å². The average Bonchev–Trinajstić information content (AvgIpc) is 2.37. The molecule has 0 saturated heterocycles. The van der Waals surface area contributed by atoms with Crippen LogP contribution in [0, 0.1) is 5.82 Å². The SMILES string of the molecule is COc1c(F)cccc1C1=C([Si](C)(C)C)CCCC1. The average molecular weight is 278 g/mol. The standard InChI is InChI=1S/C16H23FOSi/c1-18-16-13(9-7-10-14(16)17)12-8-5-6-11-15(12)19(2,3)4/h7,9-10H,5-6,8,11H2,1-4H3. The van der Waals surface area contributed by atoms with E-state index in [0.717, 1.165) is 12.0 Å². The molecular weight excluding hydrogens is 255 g/mol. The van der Waals surface area contributed by atoms with Crippen molar-refractivity contribution in [1.29, 1.82) is 0 Å². The van der Waals surface area contributed by atoms with E-state index in [1.54, 1.807) is 18.4 Å². The Hall–Kier alpha value is -1.09. The van der Waals surface area contributed by atoms with Crippen LogP contribution in [0.1, 0.15) is 31.2 Å². The highest BCUT2D eigenvalue weighted by Crippen LogP contribution is 2.40. The Bertz CT molecular complexity index is 500. The Balaban J connectivity index is 2.61. The van der Waals surface area contributed by atoms with E-state index in [1.807, 2.05) is 6.07 Å². The number of halogens is 1. The molecule has 1 aliphatic rings. The fourth-order valence-corrected chi connectivity index (χ4v) is 5.08. The molecule has 104 valence electrons. The van der Waals surface area contributed by atoms with Gasteiger partial charge in [-0.2, -0.15) is 0 Å². The van der Waals surface area contributed by atoms with Gasteiger partial charge in [0.1, 0.15) is 0 Å². The van der Waals surface area contributed by atoms with E-state index in [-0.39, 0.29) is 5.82 Å². The molecule has 2 rings (SSSR count). The first-order valence-corrected chi connectivity index (χ1v) is 10.5. The molecule has 0 unspecified atom stereocenters. The van der Waals surface area contributed by atoms with Crippen molar-refractivity contribution in [2.24, 2.45) is 0 Å². The molecule has 19 heavy (non-hydrogen) atoms. The van der Waals surface area contributed by atoms with Gasteiger partial charge in [-0.3, -0.25) is 0 Å².